The third-order valence-electron chi connectivity index (χ3n) is 10.0. The van der Waals surface area contributed by atoms with Crippen LogP contribution in [0.5, 0.6) is 0 Å². The van der Waals surface area contributed by atoms with Crippen molar-refractivity contribution in [2.45, 2.75) is 232 Å². The van der Waals surface area contributed by atoms with E-state index in [9.17, 15) is 14.4 Å². The molecule has 0 N–H and O–H groups in total. The van der Waals surface area contributed by atoms with Gasteiger partial charge in [0.25, 0.3) is 0 Å². The smallest absolute Gasteiger partial charge is 0.306 e. The molecule has 0 aromatic heterocycles. The van der Waals surface area contributed by atoms with Crippen LogP contribution in [0.25, 0.3) is 0 Å². The number of hydrogen-bond acceptors (Lipinski definition) is 6. The van der Waals surface area contributed by atoms with E-state index in [4.69, 9.17) is 14.2 Å². The predicted molar refractivity (Wildman–Crippen MR) is 242 cm³/mol. The van der Waals surface area contributed by atoms with Gasteiger partial charge in [-0.1, -0.05) is 184 Å². The molecular weight excluding hydrogens is 709 g/mol. The van der Waals surface area contributed by atoms with Crippen molar-refractivity contribution in [3.05, 3.63) is 60.8 Å². The highest BCUT2D eigenvalue weighted by molar-refractivity contribution is 5.71. The lowest BCUT2D eigenvalue weighted by atomic mass is 10.1. The summed E-state index contributed by atoms with van der Waals surface area (Å²) in [6, 6.07) is 0. The predicted octanol–water partition coefficient (Wildman–Crippen LogP) is 15.3. The summed E-state index contributed by atoms with van der Waals surface area (Å²) in [5.41, 5.74) is 0. The minimum atomic E-state index is -0.817. The standard InChI is InChI=1S/C51H88O6/c1-4-7-10-13-16-19-22-24-25-26-28-29-32-35-38-41-44-50(53)56-47-48(46-55-49(52)43-40-37-34-31-21-18-15-12-9-6-3)57-51(54)45-42-39-36-33-30-27-23-20-17-14-11-8-5-2/h15,18,25-30,36,39,48H,4-14,16-17,19-24,31-35,37-38,40-47H2,1-3H3/b18-15-,26-25-,29-28-,30-27-,39-36-. The van der Waals surface area contributed by atoms with Crippen molar-refractivity contribution in [2.75, 3.05) is 13.2 Å². The fraction of sp³-hybridized carbons (Fsp3) is 0.745. The molecule has 0 radical (unpaired) electrons. The summed E-state index contributed by atoms with van der Waals surface area (Å²) >= 11 is 0. The van der Waals surface area contributed by atoms with Gasteiger partial charge >= 0.3 is 17.9 Å². The second-order valence-corrected chi connectivity index (χ2v) is 15.7. The molecule has 0 saturated carbocycles. The molecule has 1 atom stereocenters. The van der Waals surface area contributed by atoms with Crippen LogP contribution in [-0.4, -0.2) is 37.2 Å². The fourth-order valence-corrected chi connectivity index (χ4v) is 6.35. The molecule has 0 aliphatic heterocycles. The van der Waals surface area contributed by atoms with Crippen LogP contribution in [0.15, 0.2) is 60.8 Å². The molecule has 0 amide bonds. The molecule has 0 bridgehead atoms. The molecule has 0 spiro atoms. The quantitative estimate of drug-likeness (QED) is 0.0201. The van der Waals surface area contributed by atoms with Gasteiger partial charge in [-0.3, -0.25) is 14.4 Å². The number of rotatable bonds is 42. The number of carbonyl (C=O) groups excluding carboxylic acids is 3. The molecule has 0 aliphatic carbocycles. The Bertz CT molecular complexity index is 1050. The summed E-state index contributed by atoms with van der Waals surface area (Å²) in [7, 11) is 0. The van der Waals surface area contributed by atoms with Crippen molar-refractivity contribution >= 4 is 17.9 Å². The van der Waals surface area contributed by atoms with Gasteiger partial charge in [-0.15, -0.1) is 0 Å². The summed E-state index contributed by atoms with van der Waals surface area (Å²) in [5, 5.41) is 0. The molecule has 0 saturated heterocycles. The van der Waals surface area contributed by atoms with Gasteiger partial charge in [0.05, 0.1) is 0 Å². The number of hydrogen-bond donors (Lipinski definition) is 0. The number of unbranched alkanes of at least 4 members (excludes halogenated alkanes) is 22. The molecule has 57 heavy (non-hydrogen) atoms. The first-order valence-corrected chi connectivity index (χ1v) is 23.8. The summed E-state index contributed by atoms with van der Waals surface area (Å²) < 4.78 is 16.6. The van der Waals surface area contributed by atoms with Crippen LogP contribution in [-0.2, 0) is 28.6 Å². The number of allylic oxidation sites excluding steroid dienone is 10. The van der Waals surface area contributed by atoms with E-state index in [1.165, 1.54) is 96.3 Å². The van der Waals surface area contributed by atoms with Gasteiger partial charge in [0.2, 0.25) is 0 Å². The Hall–Kier alpha value is -2.89. The zero-order valence-corrected chi connectivity index (χ0v) is 37.3. The maximum Gasteiger partial charge on any atom is 0.306 e. The first kappa shape index (κ1) is 54.1. The highest BCUT2D eigenvalue weighted by Gasteiger charge is 2.19. The van der Waals surface area contributed by atoms with Gasteiger partial charge in [0.1, 0.15) is 13.2 Å². The molecule has 6 heteroatoms. The Balaban J connectivity index is 4.48. The average molecular weight is 797 g/mol. The molecule has 0 aliphatic rings. The van der Waals surface area contributed by atoms with E-state index in [0.717, 1.165) is 83.5 Å². The summed E-state index contributed by atoms with van der Waals surface area (Å²) in [4.78, 5) is 37.7. The van der Waals surface area contributed by atoms with Gasteiger partial charge in [0.15, 0.2) is 6.10 Å². The van der Waals surface area contributed by atoms with Crippen LogP contribution in [0.2, 0.25) is 0 Å². The molecule has 1 unspecified atom stereocenters. The van der Waals surface area contributed by atoms with E-state index in [1.54, 1.807) is 0 Å². The zero-order valence-electron chi connectivity index (χ0n) is 37.3. The number of ether oxygens (including phenoxy) is 3. The first-order chi connectivity index (χ1) is 28.0. The lowest BCUT2D eigenvalue weighted by Gasteiger charge is -2.18. The Labute approximate surface area is 351 Å². The minimum Gasteiger partial charge on any atom is -0.462 e. The lowest BCUT2D eigenvalue weighted by Crippen LogP contribution is -2.30. The Morgan fingerprint density at radius 3 is 1.23 bits per heavy atom. The molecule has 0 heterocycles. The van der Waals surface area contributed by atoms with E-state index < -0.39 is 6.10 Å². The topological polar surface area (TPSA) is 78.9 Å². The minimum absolute atomic E-state index is 0.112. The van der Waals surface area contributed by atoms with E-state index in [0.29, 0.717) is 19.3 Å². The lowest BCUT2D eigenvalue weighted by molar-refractivity contribution is -0.166. The van der Waals surface area contributed by atoms with Gasteiger partial charge in [-0.05, 0) is 83.5 Å². The SMILES string of the molecule is CCCC/C=C\CCCCCCC(=O)OCC(COC(=O)CCCCC/C=C\C=C/CCCCCCCCC)OC(=O)CC/C=C\C/C=C\CCCCCCCC. The van der Waals surface area contributed by atoms with E-state index in [1.807, 2.05) is 6.08 Å². The van der Waals surface area contributed by atoms with Crippen LogP contribution in [0.1, 0.15) is 226 Å². The first-order valence-electron chi connectivity index (χ1n) is 23.8. The van der Waals surface area contributed by atoms with Gasteiger partial charge in [-0.2, -0.15) is 0 Å². The summed E-state index contributed by atoms with van der Waals surface area (Å²) in [6.45, 7) is 6.48. The highest BCUT2D eigenvalue weighted by Crippen LogP contribution is 2.12. The van der Waals surface area contributed by atoms with Crippen LogP contribution in [0.3, 0.4) is 0 Å². The molecule has 0 fully saturated rings. The van der Waals surface area contributed by atoms with Crippen molar-refractivity contribution in [1.29, 1.82) is 0 Å². The molecule has 0 rings (SSSR count). The van der Waals surface area contributed by atoms with Gasteiger partial charge in [-0.25, -0.2) is 0 Å². The molecular formula is C51H88O6. The van der Waals surface area contributed by atoms with E-state index in [-0.39, 0.29) is 37.5 Å². The van der Waals surface area contributed by atoms with Crippen LogP contribution in [0.4, 0.5) is 0 Å². The fourth-order valence-electron chi connectivity index (χ4n) is 6.35. The zero-order chi connectivity index (χ0) is 41.5. The maximum absolute atomic E-state index is 12.7. The molecule has 0 aromatic carbocycles. The normalized spacial score (nSPS) is 12.5. The van der Waals surface area contributed by atoms with Crippen LogP contribution < -0.4 is 0 Å². The van der Waals surface area contributed by atoms with Gasteiger partial charge < -0.3 is 14.2 Å². The third-order valence-corrected chi connectivity index (χ3v) is 10.0. The Morgan fingerprint density at radius 2 is 0.737 bits per heavy atom. The van der Waals surface area contributed by atoms with Crippen molar-refractivity contribution < 1.29 is 28.6 Å². The summed E-state index contributed by atoms with van der Waals surface area (Å²) in [6.07, 6.45) is 55.1. The second-order valence-electron chi connectivity index (χ2n) is 15.7. The Kier molecular flexibility index (Phi) is 43.5. The average Bonchev–Trinajstić information content (AvgIpc) is 3.21. The number of esters is 3. The molecule has 328 valence electrons. The Morgan fingerprint density at radius 1 is 0.368 bits per heavy atom. The van der Waals surface area contributed by atoms with E-state index >= 15 is 0 Å². The van der Waals surface area contributed by atoms with Crippen molar-refractivity contribution in [3.8, 4) is 0 Å². The molecule has 6 nitrogen and oxygen atoms in total. The summed E-state index contributed by atoms with van der Waals surface area (Å²) in [5.74, 6) is -1.02. The van der Waals surface area contributed by atoms with Crippen molar-refractivity contribution in [3.63, 3.8) is 0 Å². The van der Waals surface area contributed by atoms with Gasteiger partial charge in [0, 0.05) is 19.3 Å². The van der Waals surface area contributed by atoms with Crippen LogP contribution in [0, 0.1) is 0 Å². The van der Waals surface area contributed by atoms with Crippen molar-refractivity contribution in [2.24, 2.45) is 0 Å². The second kappa shape index (κ2) is 45.8. The largest absolute Gasteiger partial charge is 0.462 e. The monoisotopic (exact) mass is 797 g/mol. The van der Waals surface area contributed by atoms with E-state index in [2.05, 4.69) is 75.5 Å². The van der Waals surface area contributed by atoms with Crippen molar-refractivity contribution in [1.82, 2.24) is 0 Å². The highest BCUT2D eigenvalue weighted by atomic mass is 16.6. The third kappa shape index (κ3) is 44.1. The maximum atomic E-state index is 12.7. The number of carbonyl (C=O) groups is 3. The van der Waals surface area contributed by atoms with Crippen LogP contribution >= 0.6 is 0 Å². The molecule has 0 aromatic rings.